The molecule has 7 nitrogen and oxygen atoms in total. The largest absolute Gasteiger partial charge is 0.396 e. The molecule has 0 bridgehead atoms. The first kappa shape index (κ1) is 23.9. The molecular weight excluding hydrogens is 440 g/mol. The van der Waals surface area contributed by atoms with Crippen molar-refractivity contribution in [1.29, 1.82) is 0 Å². The van der Waals surface area contributed by atoms with Crippen LogP contribution in [0, 0.1) is 12.8 Å². The molecule has 0 spiro atoms. The van der Waals surface area contributed by atoms with E-state index in [9.17, 15) is 13.5 Å². The number of rotatable bonds is 3. The van der Waals surface area contributed by atoms with E-state index in [4.69, 9.17) is 9.29 Å². The van der Waals surface area contributed by atoms with Crippen LogP contribution in [0.5, 0.6) is 0 Å². The summed E-state index contributed by atoms with van der Waals surface area (Å²) in [5.41, 5.74) is 4.63. The quantitative estimate of drug-likeness (QED) is 0.569. The maximum absolute atomic E-state index is 10.5. The molecule has 2 aliphatic rings. The maximum atomic E-state index is 10.5. The fourth-order valence-electron chi connectivity index (χ4n) is 5.55. The van der Waals surface area contributed by atoms with Gasteiger partial charge in [0.2, 0.25) is 0 Å². The smallest absolute Gasteiger partial charge is 0.294 e. The number of benzene rings is 2. The van der Waals surface area contributed by atoms with Gasteiger partial charge in [0.1, 0.15) is 5.60 Å². The first-order valence-corrected chi connectivity index (χ1v) is 12.5. The second-order valence-corrected chi connectivity index (χ2v) is 10.7. The highest BCUT2D eigenvalue weighted by atomic mass is 32.2. The van der Waals surface area contributed by atoms with Crippen LogP contribution in [0.3, 0.4) is 0 Å². The van der Waals surface area contributed by atoms with Crippen LogP contribution in [0.4, 0.5) is 0 Å². The predicted molar refractivity (Wildman–Crippen MR) is 128 cm³/mol. The maximum Gasteiger partial charge on any atom is 0.294 e. The van der Waals surface area contributed by atoms with Gasteiger partial charge in [-0.3, -0.25) is 9.45 Å². The Balaban J connectivity index is 0.000000200. The summed E-state index contributed by atoms with van der Waals surface area (Å²) in [5, 5.41) is 11.1. The molecule has 3 atom stereocenters. The van der Waals surface area contributed by atoms with Crippen molar-refractivity contribution in [2.45, 2.75) is 36.3 Å². The Morgan fingerprint density at radius 2 is 1.85 bits per heavy atom. The lowest BCUT2D eigenvalue weighted by Crippen LogP contribution is -2.59. The van der Waals surface area contributed by atoms with E-state index in [0.29, 0.717) is 6.04 Å². The third-order valence-corrected chi connectivity index (χ3v) is 7.98. The Labute approximate surface area is 195 Å². The molecule has 5 rings (SSSR count). The molecule has 178 valence electrons. The molecule has 0 amide bonds. The molecule has 2 heterocycles. The number of hydrogen-bond donors (Lipinski definition) is 2. The van der Waals surface area contributed by atoms with E-state index in [1.165, 1.54) is 34.2 Å². The lowest BCUT2D eigenvalue weighted by molar-refractivity contribution is -0.130. The number of piperidine rings is 1. The number of aryl methyl sites for hydroxylation is 2. The van der Waals surface area contributed by atoms with Gasteiger partial charge in [-0.1, -0.05) is 29.8 Å². The summed E-state index contributed by atoms with van der Waals surface area (Å²) in [4.78, 5) is 2.31. The van der Waals surface area contributed by atoms with Crippen molar-refractivity contribution in [3.8, 4) is 0 Å². The highest BCUT2D eigenvalue weighted by molar-refractivity contribution is 7.85. The minimum absolute atomic E-state index is 0.0666. The molecule has 2 aromatic carbocycles. The van der Waals surface area contributed by atoms with Gasteiger partial charge in [-0.2, -0.15) is 8.42 Å². The van der Waals surface area contributed by atoms with Crippen LogP contribution < -0.4 is 0 Å². The van der Waals surface area contributed by atoms with Crippen LogP contribution in [-0.2, 0) is 33.9 Å². The van der Waals surface area contributed by atoms with Gasteiger partial charge in [-0.15, -0.1) is 0 Å². The van der Waals surface area contributed by atoms with E-state index in [1.54, 1.807) is 12.1 Å². The van der Waals surface area contributed by atoms with Crippen LogP contribution in [0.25, 0.3) is 10.9 Å². The zero-order chi connectivity index (χ0) is 24.0. The number of ether oxygens (including phenoxy) is 1. The van der Waals surface area contributed by atoms with Gasteiger partial charge >= 0.3 is 0 Å². The monoisotopic (exact) mass is 472 g/mol. The summed E-state index contributed by atoms with van der Waals surface area (Å²) in [6.07, 6.45) is 4.17. The summed E-state index contributed by atoms with van der Waals surface area (Å²) in [5.74, 6) is 0.265. The van der Waals surface area contributed by atoms with Gasteiger partial charge in [0.25, 0.3) is 10.1 Å². The summed E-state index contributed by atoms with van der Waals surface area (Å²) in [6.45, 7) is 3.00. The molecule has 2 N–H and O–H groups in total. The van der Waals surface area contributed by atoms with Crippen molar-refractivity contribution in [3.63, 3.8) is 0 Å². The Kier molecular flexibility index (Phi) is 6.41. The lowest BCUT2D eigenvalue weighted by Gasteiger charge is -2.52. The number of hydrogen-bond acceptors (Lipinski definition) is 5. The molecule has 0 saturated carbocycles. The van der Waals surface area contributed by atoms with Gasteiger partial charge in [0, 0.05) is 50.5 Å². The zero-order valence-electron chi connectivity index (χ0n) is 19.5. The molecule has 1 aliphatic heterocycles. The number of fused-ring (bicyclic) bond motifs is 2. The van der Waals surface area contributed by atoms with E-state index >= 15 is 0 Å². The molecule has 1 saturated heterocycles. The third-order valence-electron chi connectivity index (χ3n) is 7.11. The SMILES string of the molecule is COC12C[C@@H](CO)CN(C)[C@@H]1Cc1cn(C)c3cccc2c13.Cc1ccc(S(=O)(=O)O)cc1. The Morgan fingerprint density at radius 1 is 1.15 bits per heavy atom. The number of aliphatic hydroxyl groups excluding tert-OH is 1. The lowest BCUT2D eigenvalue weighted by atomic mass is 9.69. The highest BCUT2D eigenvalue weighted by Gasteiger charge is 2.51. The van der Waals surface area contributed by atoms with E-state index in [2.05, 4.69) is 48.0 Å². The van der Waals surface area contributed by atoms with Crippen LogP contribution >= 0.6 is 0 Å². The zero-order valence-corrected chi connectivity index (χ0v) is 20.3. The Bertz CT molecular complexity index is 1250. The standard InChI is InChI=1S/C18H24N2O2.C7H8O3S/c1-19-10-13-7-16-18(22-3,8-12(11-21)9-20(16)2)14-5-4-6-15(19)17(13)14;1-6-2-4-7(5-3-6)11(8,9)10/h4-6,10,12,16,21H,7-9,11H2,1-3H3;2-5H,1H3,(H,8,9,10)/t12-,16-,18?;/m1./s1. The van der Waals surface area contributed by atoms with Crippen LogP contribution in [0.1, 0.15) is 23.1 Å². The van der Waals surface area contributed by atoms with Gasteiger partial charge in [0.05, 0.1) is 4.90 Å². The second-order valence-electron chi connectivity index (χ2n) is 9.26. The van der Waals surface area contributed by atoms with Gasteiger partial charge in [-0.05, 0) is 62.1 Å². The van der Waals surface area contributed by atoms with Crippen LogP contribution in [-0.4, -0.2) is 60.9 Å². The fraction of sp³-hybridized carbons (Fsp3) is 0.440. The van der Waals surface area contributed by atoms with Crippen molar-refractivity contribution in [2.24, 2.45) is 13.0 Å². The van der Waals surface area contributed by atoms with Crippen molar-refractivity contribution in [1.82, 2.24) is 9.47 Å². The van der Waals surface area contributed by atoms with Crippen LogP contribution in [0.15, 0.2) is 53.6 Å². The number of aromatic nitrogens is 1. The Morgan fingerprint density at radius 3 is 2.45 bits per heavy atom. The fourth-order valence-corrected chi connectivity index (χ4v) is 6.03. The molecule has 33 heavy (non-hydrogen) atoms. The summed E-state index contributed by atoms with van der Waals surface area (Å²) < 4.78 is 38.0. The third kappa shape index (κ3) is 4.22. The molecule has 3 aromatic rings. The normalized spacial score (nSPS) is 24.8. The molecule has 8 heteroatoms. The highest BCUT2D eigenvalue weighted by Crippen LogP contribution is 2.49. The number of nitrogens with zero attached hydrogens (tertiary/aromatic N) is 2. The van der Waals surface area contributed by atoms with Gasteiger partial charge in [0.15, 0.2) is 0 Å². The minimum Gasteiger partial charge on any atom is -0.396 e. The summed E-state index contributed by atoms with van der Waals surface area (Å²) in [6, 6.07) is 12.9. The summed E-state index contributed by atoms with van der Waals surface area (Å²) >= 11 is 0. The van der Waals surface area contributed by atoms with E-state index in [1.807, 2.05) is 14.0 Å². The first-order valence-electron chi connectivity index (χ1n) is 11.1. The molecule has 1 fully saturated rings. The summed E-state index contributed by atoms with van der Waals surface area (Å²) in [7, 11) is 2.08. The molecular formula is C25H32N2O5S. The number of methoxy groups -OCH3 is 1. The molecule has 1 unspecified atom stereocenters. The molecule has 0 radical (unpaired) electrons. The average molecular weight is 473 g/mol. The van der Waals surface area contributed by atoms with Crippen molar-refractivity contribution in [3.05, 3.63) is 65.4 Å². The van der Waals surface area contributed by atoms with Crippen molar-refractivity contribution in [2.75, 3.05) is 27.3 Å². The molecule has 1 aliphatic carbocycles. The topological polar surface area (TPSA) is 92.0 Å². The van der Waals surface area contributed by atoms with Crippen LogP contribution in [0.2, 0.25) is 0 Å². The number of likely N-dealkylation sites (N-methyl/N-ethyl adjacent to an activating group) is 1. The van der Waals surface area contributed by atoms with E-state index in [0.717, 1.165) is 24.9 Å². The van der Waals surface area contributed by atoms with Gasteiger partial charge in [-0.25, -0.2) is 0 Å². The minimum atomic E-state index is -4.02. The van der Waals surface area contributed by atoms with E-state index < -0.39 is 10.1 Å². The predicted octanol–water partition coefficient (Wildman–Crippen LogP) is 3.13. The number of likely N-dealkylation sites (tertiary alicyclic amines) is 1. The van der Waals surface area contributed by atoms with Gasteiger partial charge < -0.3 is 14.4 Å². The average Bonchev–Trinajstić information content (AvgIpc) is 3.11. The van der Waals surface area contributed by atoms with E-state index in [-0.39, 0.29) is 23.0 Å². The first-order chi connectivity index (χ1) is 15.6. The second kappa shape index (κ2) is 8.85. The Hall–Kier alpha value is -2.23. The van der Waals surface area contributed by atoms with Crippen molar-refractivity contribution >= 4 is 21.0 Å². The molecule has 1 aromatic heterocycles. The number of aliphatic hydroxyl groups is 1. The van der Waals surface area contributed by atoms with Crippen molar-refractivity contribution < 1.29 is 22.8 Å².